The highest BCUT2D eigenvalue weighted by Crippen LogP contribution is 2.35. The molecule has 176 valence electrons. The first-order chi connectivity index (χ1) is 15.4. The number of hydrogen-bond donors (Lipinski definition) is 1. The van der Waals surface area contributed by atoms with Gasteiger partial charge in [0.2, 0.25) is 15.9 Å². The molecule has 8 nitrogen and oxygen atoms in total. The number of anilines is 1. The maximum Gasteiger partial charge on any atom is 0.265 e. The first-order valence-electron chi connectivity index (χ1n) is 11.8. The molecule has 0 radical (unpaired) electrons. The van der Waals surface area contributed by atoms with Crippen LogP contribution in [0.2, 0.25) is 0 Å². The topological polar surface area (TPSA) is 96.0 Å². The van der Waals surface area contributed by atoms with Gasteiger partial charge in [-0.2, -0.15) is 4.31 Å². The maximum atomic E-state index is 13.1. The zero-order chi connectivity index (χ0) is 22.6. The van der Waals surface area contributed by atoms with Gasteiger partial charge in [-0.15, -0.1) is 0 Å². The lowest BCUT2D eigenvalue weighted by atomic mass is 9.97. The molecule has 1 saturated heterocycles. The molecule has 0 bridgehead atoms. The van der Waals surface area contributed by atoms with Crippen LogP contribution >= 0.6 is 0 Å². The molecule has 32 heavy (non-hydrogen) atoms. The largest absolute Gasteiger partial charge is 0.482 e. The van der Waals surface area contributed by atoms with Crippen LogP contribution in [0, 0.1) is 0 Å². The van der Waals surface area contributed by atoms with Gasteiger partial charge in [-0.1, -0.05) is 38.5 Å². The van der Waals surface area contributed by atoms with Crippen LogP contribution in [0.5, 0.6) is 5.75 Å². The van der Waals surface area contributed by atoms with Gasteiger partial charge in [0.15, 0.2) is 6.61 Å². The lowest BCUT2D eigenvalue weighted by Crippen LogP contribution is -2.47. The molecule has 1 aliphatic carbocycles. The van der Waals surface area contributed by atoms with Crippen molar-refractivity contribution in [2.75, 3.05) is 31.1 Å². The van der Waals surface area contributed by atoms with E-state index in [4.69, 9.17) is 4.74 Å². The minimum Gasteiger partial charge on any atom is -0.482 e. The first-order valence-corrected chi connectivity index (χ1v) is 13.3. The average molecular weight is 464 g/mol. The third-order valence-electron chi connectivity index (χ3n) is 6.60. The molecule has 4 rings (SSSR count). The van der Waals surface area contributed by atoms with Crippen LogP contribution < -0.4 is 15.0 Å². The van der Waals surface area contributed by atoms with Gasteiger partial charge in [0.05, 0.1) is 10.6 Å². The zero-order valence-corrected chi connectivity index (χ0v) is 19.4. The van der Waals surface area contributed by atoms with E-state index < -0.39 is 10.0 Å². The number of nitrogens with zero attached hydrogens (tertiary/aromatic N) is 2. The second-order valence-corrected chi connectivity index (χ2v) is 10.9. The summed E-state index contributed by atoms with van der Waals surface area (Å²) in [6.45, 7) is 0.700. The number of amides is 2. The minimum absolute atomic E-state index is 0.127. The molecule has 2 amide bonds. The molecule has 0 unspecified atom stereocenters. The summed E-state index contributed by atoms with van der Waals surface area (Å²) in [7, 11) is -3.66. The molecule has 1 aromatic rings. The van der Waals surface area contributed by atoms with E-state index >= 15 is 0 Å². The third-order valence-corrected chi connectivity index (χ3v) is 8.49. The molecule has 2 heterocycles. The number of carbonyl (C=O) groups is 2. The van der Waals surface area contributed by atoms with Crippen molar-refractivity contribution in [3.05, 3.63) is 18.2 Å². The molecule has 2 fully saturated rings. The summed E-state index contributed by atoms with van der Waals surface area (Å²) < 4.78 is 33.2. The molecule has 0 spiro atoms. The van der Waals surface area contributed by atoms with Gasteiger partial charge in [0.1, 0.15) is 12.3 Å². The Balaban J connectivity index is 1.51. The fraction of sp³-hybridized carbons (Fsp3) is 0.652. The van der Waals surface area contributed by atoms with E-state index in [1.165, 1.54) is 40.6 Å². The number of carbonyl (C=O) groups excluding carboxylic acids is 2. The van der Waals surface area contributed by atoms with Gasteiger partial charge in [0, 0.05) is 19.1 Å². The molecule has 2 aliphatic heterocycles. The third kappa shape index (κ3) is 5.26. The highest BCUT2D eigenvalue weighted by Gasteiger charge is 2.32. The summed E-state index contributed by atoms with van der Waals surface area (Å²) in [6, 6.07) is 4.70. The van der Waals surface area contributed by atoms with Crippen molar-refractivity contribution in [1.29, 1.82) is 0 Å². The molecule has 1 N–H and O–H groups in total. The average Bonchev–Trinajstić information content (AvgIpc) is 2.78. The quantitative estimate of drug-likeness (QED) is 0.724. The number of ether oxygens (including phenoxy) is 1. The zero-order valence-electron chi connectivity index (χ0n) is 18.6. The molecule has 1 aromatic carbocycles. The van der Waals surface area contributed by atoms with E-state index in [2.05, 4.69) is 5.32 Å². The number of benzene rings is 1. The van der Waals surface area contributed by atoms with Crippen LogP contribution in [0.25, 0.3) is 0 Å². The standard InChI is InChI=1S/C23H33N3O5S/c27-22(24-18-9-5-2-1-3-6-10-18)16-26-20-15-19(11-12-21(20)31-17-23(26)28)32(29,30)25-13-7-4-8-14-25/h11-12,15,18H,1-10,13-14,16-17H2,(H,24,27). The first kappa shape index (κ1) is 23.0. The number of nitrogens with one attached hydrogen (secondary N) is 1. The van der Waals surface area contributed by atoms with Crippen LogP contribution in [0.3, 0.4) is 0 Å². The molecular weight excluding hydrogens is 430 g/mol. The van der Waals surface area contributed by atoms with Crippen molar-refractivity contribution in [3.63, 3.8) is 0 Å². The lowest BCUT2D eigenvalue weighted by Gasteiger charge is -2.31. The summed E-state index contributed by atoms with van der Waals surface area (Å²) in [5.74, 6) is -0.153. The van der Waals surface area contributed by atoms with Crippen LogP contribution in [-0.2, 0) is 19.6 Å². The van der Waals surface area contributed by atoms with Crippen LogP contribution in [0.1, 0.15) is 64.2 Å². The van der Waals surface area contributed by atoms with Gasteiger partial charge < -0.3 is 10.1 Å². The van der Waals surface area contributed by atoms with Gasteiger partial charge in [0.25, 0.3) is 5.91 Å². The van der Waals surface area contributed by atoms with Crippen molar-refractivity contribution >= 4 is 27.5 Å². The van der Waals surface area contributed by atoms with Gasteiger partial charge in [-0.05, 0) is 43.9 Å². The second kappa shape index (κ2) is 10.2. The van der Waals surface area contributed by atoms with Crippen molar-refractivity contribution < 1.29 is 22.7 Å². The fourth-order valence-corrected chi connectivity index (χ4v) is 6.33. The van der Waals surface area contributed by atoms with E-state index in [9.17, 15) is 18.0 Å². The Morgan fingerprint density at radius 3 is 2.38 bits per heavy atom. The molecular formula is C23H33N3O5S. The van der Waals surface area contributed by atoms with E-state index in [1.54, 1.807) is 6.07 Å². The number of rotatable bonds is 5. The lowest BCUT2D eigenvalue weighted by molar-refractivity contribution is -0.125. The van der Waals surface area contributed by atoms with Crippen molar-refractivity contribution in [2.24, 2.45) is 0 Å². The van der Waals surface area contributed by atoms with E-state index in [0.29, 0.717) is 24.5 Å². The Kier molecular flexibility index (Phi) is 7.35. The number of fused-ring (bicyclic) bond motifs is 1. The van der Waals surface area contributed by atoms with Crippen LogP contribution in [0.15, 0.2) is 23.1 Å². The summed E-state index contributed by atoms with van der Waals surface area (Å²) in [5, 5.41) is 3.08. The number of hydrogen-bond acceptors (Lipinski definition) is 5. The Labute approximate surface area is 190 Å². The second-order valence-electron chi connectivity index (χ2n) is 8.97. The minimum atomic E-state index is -3.66. The molecule has 1 saturated carbocycles. The van der Waals surface area contributed by atoms with Crippen LogP contribution in [-0.4, -0.2) is 56.8 Å². The predicted molar refractivity (Wildman–Crippen MR) is 121 cm³/mol. The Morgan fingerprint density at radius 1 is 1.00 bits per heavy atom. The summed E-state index contributed by atoms with van der Waals surface area (Å²) in [4.78, 5) is 26.9. The Hall–Kier alpha value is -2.13. The number of sulfonamides is 1. The Morgan fingerprint density at radius 2 is 1.66 bits per heavy atom. The summed E-state index contributed by atoms with van der Waals surface area (Å²) in [6.07, 6.45) is 10.5. The SMILES string of the molecule is O=C(CN1C(=O)COc2ccc(S(=O)(=O)N3CCCCC3)cc21)NC1CCCCCCC1. The summed E-state index contributed by atoms with van der Waals surface area (Å²) in [5.41, 5.74) is 0.340. The number of piperidine rings is 1. The van der Waals surface area contributed by atoms with Gasteiger partial charge in [-0.25, -0.2) is 8.42 Å². The van der Waals surface area contributed by atoms with E-state index in [1.807, 2.05) is 0 Å². The van der Waals surface area contributed by atoms with Crippen LogP contribution in [0.4, 0.5) is 5.69 Å². The van der Waals surface area contributed by atoms with Crippen molar-refractivity contribution in [1.82, 2.24) is 9.62 Å². The molecule has 0 aromatic heterocycles. The molecule has 0 atom stereocenters. The van der Waals surface area contributed by atoms with E-state index in [0.717, 1.165) is 44.9 Å². The maximum absolute atomic E-state index is 13.1. The monoisotopic (exact) mass is 463 g/mol. The van der Waals surface area contributed by atoms with Gasteiger partial charge >= 0.3 is 0 Å². The molecule has 9 heteroatoms. The highest BCUT2D eigenvalue weighted by atomic mass is 32.2. The highest BCUT2D eigenvalue weighted by molar-refractivity contribution is 7.89. The normalized spacial score (nSPS) is 21.2. The fourth-order valence-electron chi connectivity index (χ4n) is 4.79. The smallest absolute Gasteiger partial charge is 0.265 e. The molecule has 3 aliphatic rings. The van der Waals surface area contributed by atoms with Crippen molar-refractivity contribution in [3.8, 4) is 5.75 Å². The van der Waals surface area contributed by atoms with Gasteiger partial charge in [-0.3, -0.25) is 14.5 Å². The van der Waals surface area contributed by atoms with E-state index in [-0.39, 0.29) is 35.9 Å². The Bertz CT molecular complexity index is 935. The predicted octanol–water partition coefficient (Wildman–Crippen LogP) is 2.82. The summed E-state index contributed by atoms with van der Waals surface area (Å²) >= 11 is 0. The van der Waals surface area contributed by atoms with Crippen molar-refractivity contribution in [2.45, 2.75) is 75.1 Å².